The number of aryl methyl sites for hydroxylation is 1. The van der Waals surface area contributed by atoms with Gasteiger partial charge in [0.05, 0.1) is 24.1 Å². The summed E-state index contributed by atoms with van der Waals surface area (Å²) in [4.78, 5) is 16.4. The molecule has 0 N–H and O–H groups in total. The molecule has 1 aromatic heterocycles. The zero-order valence-corrected chi connectivity index (χ0v) is 11.4. The van der Waals surface area contributed by atoms with Crippen molar-refractivity contribution in [1.82, 2.24) is 4.90 Å². The fourth-order valence-corrected chi connectivity index (χ4v) is 2.84. The maximum atomic E-state index is 12.1. The Kier molecular flexibility index (Phi) is 3.97. The zero-order chi connectivity index (χ0) is 12.4. The van der Waals surface area contributed by atoms with Crippen LogP contribution in [0.4, 0.5) is 0 Å². The van der Waals surface area contributed by atoms with E-state index in [-0.39, 0.29) is 11.9 Å². The molecule has 1 aliphatic heterocycles. The third kappa shape index (κ3) is 3.15. The molecule has 2 unspecified atom stereocenters. The first-order valence-corrected chi connectivity index (χ1v) is 6.83. The number of thiophene rings is 1. The molecular formula is C13H19NO2S. The molecule has 1 saturated heterocycles. The van der Waals surface area contributed by atoms with Crippen LogP contribution in [0.15, 0.2) is 12.1 Å². The number of carbonyl (C=O) groups is 1. The van der Waals surface area contributed by atoms with Crippen molar-refractivity contribution in [3.05, 3.63) is 21.9 Å². The van der Waals surface area contributed by atoms with Gasteiger partial charge in [0.1, 0.15) is 0 Å². The van der Waals surface area contributed by atoms with Gasteiger partial charge in [0, 0.05) is 17.5 Å². The van der Waals surface area contributed by atoms with Gasteiger partial charge in [-0.05, 0) is 32.9 Å². The van der Waals surface area contributed by atoms with E-state index >= 15 is 0 Å². The number of carbonyl (C=O) groups excluding carboxylic acids is 1. The van der Waals surface area contributed by atoms with Crippen LogP contribution in [0.5, 0.6) is 0 Å². The Balaban J connectivity index is 1.98. The molecule has 0 aromatic carbocycles. The highest BCUT2D eigenvalue weighted by atomic mass is 32.1. The largest absolute Gasteiger partial charge is 0.376 e. The molecule has 1 aliphatic rings. The summed E-state index contributed by atoms with van der Waals surface area (Å²) in [6, 6.07) is 4.26. The van der Waals surface area contributed by atoms with E-state index < -0.39 is 0 Å². The Hall–Kier alpha value is -0.710. The number of ether oxygens (including phenoxy) is 1. The Morgan fingerprint density at radius 1 is 1.53 bits per heavy atom. The lowest BCUT2D eigenvalue weighted by Crippen LogP contribution is -2.49. The molecule has 94 valence electrons. The second kappa shape index (κ2) is 5.29. The highest BCUT2D eigenvalue weighted by molar-refractivity contribution is 7.14. The molecule has 0 amide bonds. The maximum Gasteiger partial charge on any atom is 0.186 e. The SMILES string of the molecule is Cc1ccc(C(=O)CN2CC(C)OCC2C)s1. The first kappa shape index (κ1) is 12.7. The molecule has 0 saturated carbocycles. The molecule has 1 aromatic rings. The van der Waals surface area contributed by atoms with E-state index in [1.165, 1.54) is 4.88 Å². The van der Waals surface area contributed by atoms with Gasteiger partial charge < -0.3 is 4.74 Å². The summed E-state index contributed by atoms with van der Waals surface area (Å²) in [5.74, 6) is 0.226. The van der Waals surface area contributed by atoms with Crippen LogP contribution >= 0.6 is 11.3 Å². The van der Waals surface area contributed by atoms with Gasteiger partial charge in [-0.2, -0.15) is 0 Å². The molecule has 0 spiro atoms. The normalized spacial score (nSPS) is 26.1. The van der Waals surface area contributed by atoms with Crippen molar-refractivity contribution in [2.45, 2.75) is 32.9 Å². The van der Waals surface area contributed by atoms with Crippen LogP contribution in [0.3, 0.4) is 0 Å². The van der Waals surface area contributed by atoms with Crippen LogP contribution in [0, 0.1) is 6.92 Å². The molecular weight excluding hydrogens is 234 g/mol. The van der Waals surface area contributed by atoms with Crippen molar-refractivity contribution >= 4 is 17.1 Å². The predicted molar refractivity (Wildman–Crippen MR) is 69.8 cm³/mol. The fraction of sp³-hybridized carbons (Fsp3) is 0.615. The van der Waals surface area contributed by atoms with Gasteiger partial charge in [0.15, 0.2) is 5.78 Å². The van der Waals surface area contributed by atoms with Crippen molar-refractivity contribution in [3.63, 3.8) is 0 Å². The summed E-state index contributed by atoms with van der Waals surface area (Å²) < 4.78 is 5.56. The lowest BCUT2D eigenvalue weighted by Gasteiger charge is -2.36. The van der Waals surface area contributed by atoms with Gasteiger partial charge in [-0.15, -0.1) is 11.3 Å². The molecule has 0 bridgehead atoms. The summed E-state index contributed by atoms with van der Waals surface area (Å²) in [6.45, 7) is 8.27. The smallest absolute Gasteiger partial charge is 0.186 e. The summed E-state index contributed by atoms with van der Waals surface area (Å²) in [5, 5.41) is 0. The molecule has 2 rings (SSSR count). The lowest BCUT2D eigenvalue weighted by atomic mass is 10.2. The number of hydrogen-bond donors (Lipinski definition) is 0. The van der Waals surface area contributed by atoms with Crippen molar-refractivity contribution in [2.24, 2.45) is 0 Å². The minimum absolute atomic E-state index is 0.226. The van der Waals surface area contributed by atoms with E-state index in [0.29, 0.717) is 12.6 Å². The first-order chi connectivity index (χ1) is 8.06. The predicted octanol–water partition coefficient (Wildman–Crippen LogP) is 2.35. The third-order valence-electron chi connectivity index (χ3n) is 3.10. The first-order valence-electron chi connectivity index (χ1n) is 6.01. The second-order valence-electron chi connectivity index (χ2n) is 4.76. The van der Waals surface area contributed by atoms with E-state index in [1.54, 1.807) is 11.3 Å². The van der Waals surface area contributed by atoms with Crippen LogP contribution in [-0.4, -0.2) is 42.5 Å². The van der Waals surface area contributed by atoms with Crippen molar-refractivity contribution in [1.29, 1.82) is 0 Å². The molecule has 17 heavy (non-hydrogen) atoms. The minimum Gasteiger partial charge on any atom is -0.376 e. The van der Waals surface area contributed by atoms with Crippen molar-refractivity contribution < 1.29 is 9.53 Å². The van der Waals surface area contributed by atoms with Crippen molar-refractivity contribution in [3.8, 4) is 0 Å². The standard InChI is InChI=1S/C13H19NO2S/c1-9-8-16-10(2)6-14(9)7-12(15)13-5-4-11(3)17-13/h4-5,9-10H,6-8H2,1-3H3. The van der Waals surface area contributed by atoms with E-state index in [1.807, 2.05) is 19.1 Å². The van der Waals surface area contributed by atoms with Crippen molar-refractivity contribution in [2.75, 3.05) is 19.7 Å². The summed E-state index contributed by atoms with van der Waals surface area (Å²) in [5.41, 5.74) is 0. The number of ketones is 1. The van der Waals surface area contributed by atoms with E-state index in [4.69, 9.17) is 4.74 Å². The third-order valence-corrected chi connectivity index (χ3v) is 4.14. The van der Waals surface area contributed by atoms with Crippen LogP contribution in [0.1, 0.15) is 28.4 Å². The monoisotopic (exact) mass is 253 g/mol. The molecule has 4 heteroatoms. The number of rotatable bonds is 3. The van der Waals surface area contributed by atoms with Gasteiger partial charge >= 0.3 is 0 Å². The van der Waals surface area contributed by atoms with Crippen LogP contribution in [-0.2, 0) is 4.74 Å². The maximum absolute atomic E-state index is 12.1. The van der Waals surface area contributed by atoms with Crippen LogP contribution < -0.4 is 0 Å². The fourth-order valence-electron chi connectivity index (χ4n) is 2.04. The summed E-state index contributed by atoms with van der Waals surface area (Å²) in [7, 11) is 0. The van der Waals surface area contributed by atoms with Gasteiger partial charge in [0.2, 0.25) is 0 Å². The molecule has 2 heterocycles. The lowest BCUT2D eigenvalue weighted by molar-refractivity contribution is -0.0459. The average molecular weight is 253 g/mol. The number of morpholine rings is 1. The van der Waals surface area contributed by atoms with E-state index in [2.05, 4.69) is 18.7 Å². The van der Waals surface area contributed by atoms with Gasteiger partial charge in [0.25, 0.3) is 0 Å². The number of Topliss-reactive ketones (excluding diaryl/α,β-unsaturated/α-hetero) is 1. The number of nitrogens with zero attached hydrogens (tertiary/aromatic N) is 1. The van der Waals surface area contributed by atoms with Crippen LogP contribution in [0.25, 0.3) is 0 Å². The molecule has 0 aliphatic carbocycles. The molecule has 0 radical (unpaired) electrons. The topological polar surface area (TPSA) is 29.5 Å². The highest BCUT2D eigenvalue weighted by Gasteiger charge is 2.25. The van der Waals surface area contributed by atoms with Gasteiger partial charge in [-0.1, -0.05) is 0 Å². The van der Waals surface area contributed by atoms with E-state index in [9.17, 15) is 4.79 Å². The van der Waals surface area contributed by atoms with E-state index in [0.717, 1.165) is 18.0 Å². The minimum atomic E-state index is 0.226. The highest BCUT2D eigenvalue weighted by Crippen LogP contribution is 2.18. The molecule has 3 nitrogen and oxygen atoms in total. The average Bonchev–Trinajstić information content (AvgIpc) is 2.70. The van der Waals surface area contributed by atoms with Gasteiger partial charge in [-0.25, -0.2) is 0 Å². The Morgan fingerprint density at radius 3 is 2.94 bits per heavy atom. The Labute approximate surface area is 106 Å². The Bertz CT molecular complexity index is 402. The zero-order valence-electron chi connectivity index (χ0n) is 10.6. The quantitative estimate of drug-likeness (QED) is 0.774. The summed E-state index contributed by atoms with van der Waals surface area (Å²) in [6.07, 6.45) is 0.226. The summed E-state index contributed by atoms with van der Waals surface area (Å²) >= 11 is 1.58. The Morgan fingerprint density at radius 2 is 2.29 bits per heavy atom. The molecule has 1 fully saturated rings. The second-order valence-corrected chi connectivity index (χ2v) is 6.04. The van der Waals surface area contributed by atoms with Gasteiger partial charge in [-0.3, -0.25) is 9.69 Å². The number of hydrogen-bond acceptors (Lipinski definition) is 4. The molecule has 2 atom stereocenters. The van der Waals surface area contributed by atoms with Crippen LogP contribution in [0.2, 0.25) is 0 Å².